The van der Waals surface area contributed by atoms with E-state index in [4.69, 9.17) is 4.74 Å². The Hall–Kier alpha value is -3.39. The van der Waals surface area contributed by atoms with Gasteiger partial charge in [-0.25, -0.2) is 0 Å². The molecule has 0 radical (unpaired) electrons. The Kier molecular flexibility index (Phi) is 5.94. The average Bonchev–Trinajstić information content (AvgIpc) is 3.27. The maximum atomic E-state index is 13.1. The van der Waals surface area contributed by atoms with Crippen molar-refractivity contribution in [3.8, 4) is 11.4 Å². The van der Waals surface area contributed by atoms with E-state index in [0.717, 1.165) is 27.9 Å². The highest BCUT2D eigenvalue weighted by Gasteiger charge is 2.18. The molecule has 0 N–H and O–H groups in total. The van der Waals surface area contributed by atoms with Crippen molar-refractivity contribution in [2.24, 2.45) is 0 Å². The van der Waals surface area contributed by atoms with Crippen molar-refractivity contribution in [1.82, 2.24) is 20.2 Å². The Morgan fingerprint density at radius 1 is 1.07 bits per heavy atom. The topological polar surface area (TPSA) is 73.1 Å². The molecule has 0 saturated heterocycles. The maximum absolute atomic E-state index is 13.1. The molecular formula is C22H21N5O2S. The number of tetrazole rings is 1. The van der Waals surface area contributed by atoms with Gasteiger partial charge in [-0.05, 0) is 53.1 Å². The molecule has 1 aromatic heterocycles. The van der Waals surface area contributed by atoms with Gasteiger partial charge in [0, 0.05) is 11.9 Å². The van der Waals surface area contributed by atoms with Crippen molar-refractivity contribution in [2.75, 3.05) is 24.3 Å². The second kappa shape index (κ2) is 8.96. The standard InChI is InChI=1S/C22H21N5O2S/c1-3-26(20-10-6-8-16-7-4-5-9-19(16)20)21(28)15-30-22-23-24-25-27(22)17-11-13-18(29-2)14-12-17/h4-14H,3,15H2,1-2H3. The lowest BCUT2D eigenvalue weighted by molar-refractivity contribution is -0.116. The lowest BCUT2D eigenvalue weighted by Crippen LogP contribution is -2.32. The minimum atomic E-state index is 0.00290. The number of aromatic nitrogens is 4. The second-order valence-corrected chi connectivity index (χ2v) is 7.44. The van der Waals surface area contributed by atoms with E-state index in [1.54, 1.807) is 16.7 Å². The van der Waals surface area contributed by atoms with Gasteiger partial charge in [-0.2, -0.15) is 4.68 Å². The zero-order chi connectivity index (χ0) is 20.9. The van der Waals surface area contributed by atoms with Gasteiger partial charge < -0.3 is 9.64 Å². The molecule has 0 fully saturated rings. The molecule has 0 aliphatic carbocycles. The average molecular weight is 420 g/mol. The first kappa shape index (κ1) is 19.9. The first-order valence-corrected chi connectivity index (χ1v) is 10.5. The number of amides is 1. The summed E-state index contributed by atoms with van der Waals surface area (Å²) < 4.78 is 6.81. The molecule has 0 saturated carbocycles. The van der Waals surface area contributed by atoms with Gasteiger partial charge in [0.25, 0.3) is 0 Å². The Morgan fingerprint density at radius 3 is 2.60 bits per heavy atom. The van der Waals surface area contributed by atoms with Crippen LogP contribution in [-0.2, 0) is 4.79 Å². The van der Waals surface area contributed by atoms with Crippen LogP contribution in [0, 0.1) is 0 Å². The quantitative estimate of drug-likeness (QED) is 0.422. The number of carbonyl (C=O) groups is 1. The number of carbonyl (C=O) groups excluding carboxylic acids is 1. The summed E-state index contributed by atoms with van der Waals surface area (Å²) in [5.74, 6) is 0.987. The number of hydrogen-bond acceptors (Lipinski definition) is 6. The molecule has 8 heteroatoms. The Morgan fingerprint density at radius 2 is 1.83 bits per heavy atom. The van der Waals surface area contributed by atoms with E-state index >= 15 is 0 Å². The van der Waals surface area contributed by atoms with Crippen LogP contribution in [0.5, 0.6) is 5.75 Å². The highest BCUT2D eigenvalue weighted by Crippen LogP contribution is 2.28. The highest BCUT2D eigenvalue weighted by molar-refractivity contribution is 7.99. The highest BCUT2D eigenvalue weighted by atomic mass is 32.2. The van der Waals surface area contributed by atoms with E-state index in [9.17, 15) is 4.79 Å². The Bertz CT molecular complexity index is 1150. The van der Waals surface area contributed by atoms with Crippen LogP contribution in [0.1, 0.15) is 6.92 Å². The summed E-state index contributed by atoms with van der Waals surface area (Å²) in [7, 11) is 1.62. The largest absolute Gasteiger partial charge is 0.497 e. The van der Waals surface area contributed by atoms with Crippen LogP contribution in [0.2, 0.25) is 0 Å². The molecule has 0 atom stereocenters. The summed E-state index contributed by atoms with van der Waals surface area (Å²) in [5, 5.41) is 14.6. The lowest BCUT2D eigenvalue weighted by Gasteiger charge is -2.22. The fraction of sp³-hybridized carbons (Fsp3) is 0.182. The predicted octanol–water partition coefficient (Wildman–Crippen LogP) is 3.97. The van der Waals surface area contributed by atoms with E-state index in [1.807, 2.05) is 61.5 Å². The van der Waals surface area contributed by atoms with Crippen LogP contribution in [0.25, 0.3) is 16.5 Å². The zero-order valence-corrected chi connectivity index (χ0v) is 17.5. The SMILES string of the molecule is CCN(C(=O)CSc1nnnn1-c1ccc(OC)cc1)c1cccc2ccccc12. The lowest BCUT2D eigenvalue weighted by atomic mass is 10.1. The molecule has 7 nitrogen and oxygen atoms in total. The van der Waals surface area contributed by atoms with Crippen LogP contribution in [-0.4, -0.2) is 45.5 Å². The molecule has 4 rings (SSSR count). The summed E-state index contributed by atoms with van der Waals surface area (Å²) in [5.41, 5.74) is 1.72. The molecule has 4 aromatic rings. The number of thioether (sulfide) groups is 1. The van der Waals surface area contributed by atoms with Gasteiger partial charge >= 0.3 is 0 Å². The molecule has 30 heavy (non-hydrogen) atoms. The Labute approximate surface area is 178 Å². The minimum absolute atomic E-state index is 0.00290. The summed E-state index contributed by atoms with van der Waals surface area (Å²) in [6.45, 7) is 2.56. The van der Waals surface area contributed by atoms with Gasteiger partial charge in [-0.1, -0.05) is 48.2 Å². The summed E-state index contributed by atoms with van der Waals surface area (Å²) in [6, 6.07) is 21.5. The van der Waals surface area contributed by atoms with E-state index in [2.05, 4.69) is 27.7 Å². The predicted molar refractivity (Wildman–Crippen MR) is 118 cm³/mol. The molecule has 0 aliphatic heterocycles. The first-order valence-electron chi connectivity index (χ1n) is 9.55. The first-order chi connectivity index (χ1) is 14.7. The van der Waals surface area contributed by atoms with Gasteiger partial charge in [-0.3, -0.25) is 4.79 Å². The number of fused-ring (bicyclic) bond motifs is 1. The normalized spacial score (nSPS) is 10.9. The molecule has 0 unspecified atom stereocenters. The van der Waals surface area contributed by atoms with Crippen molar-refractivity contribution >= 4 is 34.1 Å². The van der Waals surface area contributed by atoms with Crippen LogP contribution in [0.4, 0.5) is 5.69 Å². The van der Waals surface area contributed by atoms with Gasteiger partial charge in [0.2, 0.25) is 11.1 Å². The van der Waals surface area contributed by atoms with Crippen LogP contribution < -0.4 is 9.64 Å². The Balaban J connectivity index is 1.52. The fourth-order valence-corrected chi connectivity index (χ4v) is 4.05. The second-order valence-electron chi connectivity index (χ2n) is 6.50. The number of anilines is 1. The third-order valence-corrected chi connectivity index (χ3v) is 5.66. The van der Waals surface area contributed by atoms with Crippen LogP contribution >= 0.6 is 11.8 Å². The summed E-state index contributed by atoms with van der Waals surface area (Å²) in [4.78, 5) is 14.9. The summed E-state index contributed by atoms with van der Waals surface area (Å²) >= 11 is 1.31. The van der Waals surface area contributed by atoms with Crippen molar-refractivity contribution in [1.29, 1.82) is 0 Å². The molecule has 0 bridgehead atoms. The molecule has 152 valence electrons. The third kappa shape index (κ3) is 3.99. The van der Waals surface area contributed by atoms with Gasteiger partial charge in [0.05, 0.1) is 24.2 Å². The number of methoxy groups -OCH3 is 1. The minimum Gasteiger partial charge on any atom is -0.497 e. The van der Waals surface area contributed by atoms with E-state index in [-0.39, 0.29) is 11.7 Å². The van der Waals surface area contributed by atoms with E-state index in [0.29, 0.717) is 11.7 Å². The molecule has 0 aliphatic rings. The fourth-order valence-electron chi connectivity index (χ4n) is 3.28. The van der Waals surface area contributed by atoms with Crippen molar-refractivity contribution in [2.45, 2.75) is 12.1 Å². The van der Waals surface area contributed by atoms with Crippen LogP contribution in [0.3, 0.4) is 0 Å². The molecular weight excluding hydrogens is 398 g/mol. The van der Waals surface area contributed by atoms with Crippen molar-refractivity contribution < 1.29 is 9.53 Å². The molecule has 0 spiro atoms. The van der Waals surface area contributed by atoms with Gasteiger partial charge in [0.15, 0.2) is 0 Å². The maximum Gasteiger partial charge on any atom is 0.237 e. The third-order valence-electron chi connectivity index (χ3n) is 4.76. The summed E-state index contributed by atoms with van der Waals surface area (Å²) in [6.07, 6.45) is 0. The molecule has 1 heterocycles. The number of benzene rings is 3. The zero-order valence-electron chi connectivity index (χ0n) is 16.7. The van der Waals surface area contributed by atoms with Crippen LogP contribution in [0.15, 0.2) is 71.9 Å². The monoisotopic (exact) mass is 419 g/mol. The number of nitrogens with zero attached hydrogens (tertiary/aromatic N) is 5. The smallest absolute Gasteiger partial charge is 0.237 e. The van der Waals surface area contributed by atoms with Crippen molar-refractivity contribution in [3.05, 3.63) is 66.7 Å². The van der Waals surface area contributed by atoms with Crippen molar-refractivity contribution in [3.63, 3.8) is 0 Å². The van der Waals surface area contributed by atoms with Gasteiger partial charge in [-0.15, -0.1) is 5.10 Å². The number of hydrogen-bond donors (Lipinski definition) is 0. The number of ether oxygens (including phenoxy) is 1. The number of rotatable bonds is 7. The molecule has 3 aromatic carbocycles. The van der Waals surface area contributed by atoms with Gasteiger partial charge in [0.1, 0.15) is 5.75 Å². The van der Waals surface area contributed by atoms with E-state index < -0.39 is 0 Å². The molecule has 1 amide bonds. The van der Waals surface area contributed by atoms with E-state index in [1.165, 1.54) is 11.8 Å².